The van der Waals surface area contributed by atoms with Crippen LogP contribution in [-0.2, 0) is 0 Å². The number of hydrogen-bond acceptors (Lipinski definition) is 5. The summed E-state index contributed by atoms with van der Waals surface area (Å²) in [7, 11) is 4.68. The summed E-state index contributed by atoms with van der Waals surface area (Å²) in [5.41, 5.74) is 2.18. The third kappa shape index (κ3) is 3.69. The van der Waals surface area contributed by atoms with Gasteiger partial charge in [0, 0.05) is 10.9 Å². The van der Waals surface area contributed by atoms with E-state index in [1.807, 2.05) is 38.1 Å². The Kier molecular flexibility index (Phi) is 5.26. The fourth-order valence-corrected chi connectivity index (χ4v) is 3.03. The zero-order chi connectivity index (χ0) is 19.6. The van der Waals surface area contributed by atoms with E-state index in [1.165, 1.54) is 0 Å². The molecule has 0 unspecified atom stereocenters. The molecule has 0 aliphatic carbocycles. The zero-order valence-electron chi connectivity index (χ0n) is 16.1. The number of benzene rings is 2. The lowest BCUT2D eigenvalue weighted by atomic mass is 10.1. The van der Waals surface area contributed by atoms with Gasteiger partial charge in [-0.2, -0.15) is 0 Å². The first-order valence-corrected chi connectivity index (χ1v) is 8.57. The Labute approximate surface area is 158 Å². The topological polar surface area (TPSA) is 69.9 Å². The first kappa shape index (κ1) is 18.6. The highest BCUT2D eigenvalue weighted by Crippen LogP contribution is 2.39. The van der Waals surface area contributed by atoms with Gasteiger partial charge in [0.05, 0.1) is 27.4 Å². The van der Waals surface area contributed by atoms with Gasteiger partial charge in [-0.1, -0.05) is 0 Å². The summed E-state index contributed by atoms with van der Waals surface area (Å²) in [5.74, 6) is 2.25. The molecule has 0 aliphatic rings. The number of ether oxygens (including phenoxy) is 3. The number of rotatable bonds is 6. The van der Waals surface area contributed by atoms with Gasteiger partial charge in [-0.05, 0) is 55.8 Å². The summed E-state index contributed by atoms with van der Waals surface area (Å²) in [4.78, 5) is 12.7. The van der Waals surface area contributed by atoms with Crippen LogP contribution in [0.15, 0.2) is 40.8 Å². The lowest BCUT2D eigenvalue weighted by molar-refractivity contribution is 0.0940. The van der Waals surface area contributed by atoms with Gasteiger partial charge >= 0.3 is 0 Å². The Morgan fingerprint density at radius 2 is 1.67 bits per heavy atom. The van der Waals surface area contributed by atoms with E-state index in [-0.39, 0.29) is 11.9 Å². The lowest BCUT2D eigenvalue weighted by Gasteiger charge is -2.19. The highest BCUT2D eigenvalue weighted by atomic mass is 16.5. The molecule has 0 radical (unpaired) electrons. The maximum absolute atomic E-state index is 12.7. The quantitative estimate of drug-likeness (QED) is 0.703. The molecule has 3 aromatic rings. The van der Waals surface area contributed by atoms with Crippen molar-refractivity contribution < 1.29 is 23.4 Å². The molecule has 142 valence electrons. The normalized spacial score (nSPS) is 11.9. The number of furan rings is 1. The van der Waals surface area contributed by atoms with Crippen molar-refractivity contribution in [3.05, 3.63) is 53.3 Å². The molecule has 1 N–H and O–H groups in total. The van der Waals surface area contributed by atoms with Gasteiger partial charge in [-0.15, -0.1) is 0 Å². The molecular formula is C21H23NO5. The molecule has 3 rings (SSSR count). The maximum Gasteiger partial charge on any atom is 0.251 e. The summed E-state index contributed by atoms with van der Waals surface area (Å²) >= 11 is 0. The number of hydrogen-bond donors (Lipinski definition) is 1. The van der Waals surface area contributed by atoms with Crippen molar-refractivity contribution in [3.8, 4) is 17.2 Å². The SMILES string of the molecule is COc1cc([C@@H](C)NC(=O)c2ccc3oc(C)cc3c2)cc(OC)c1OC. The second-order valence-electron chi connectivity index (χ2n) is 6.26. The minimum Gasteiger partial charge on any atom is -0.493 e. The first-order valence-electron chi connectivity index (χ1n) is 8.57. The van der Waals surface area contributed by atoms with E-state index in [1.54, 1.807) is 33.5 Å². The van der Waals surface area contributed by atoms with Crippen molar-refractivity contribution >= 4 is 16.9 Å². The van der Waals surface area contributed by atoms with Gasteiger partial charge in [0.2, 0.25) is 5.75 Å². The van der Waals surface area contributed by atoms with E-state index in [9.17, 15) is 4.79 Å². The standard InChI is InChI=1S/C21H23NO5/c1-12-8-16-9-14(6-7-17(16)27-12)21(23)22-13(2)15-10-18(24-3)20(26-5)19(11-15)25-4/h6-11,13H,1-5H3,(H,22,23)/t13-/m1/s1. The van der Waals surface area contributed by atoms with E-state index in [4.69, 9.17) is 18.6 Å². The summed E-state index contributed by atoms with van der Waals surface area (Å²) in [6.45, 7) is 3.78. The minimum atomic E-state index is -0.256. The Bertz CT molecular complexity index is 951. The van der Waals surface area contributed by atoms with Crippen molar-refractivity contribution in [2.45, 2.75) is 19.9 Å². The summed E-state index contributed by atoms with van der Waals surface area (Å²) in [6, 6.07) is 10.7. The molecule has 0 spiro atoms. The Balaban J connectivity index is 1.85. The second-order valence-corrected chi connectivity index (χ2v) is 6.26. The molecule has 1 heterocycles. The molecule has 6 nitrogen and oxygen atoms in total. The van der Waals surface area contributed by atoms with Gasteiger partial charge < -0.3 is 23.9 Å². The van der Waals surface area contributed by atoms with Crippen LogP contribution in [0.1, 0.15) is 34.6 Å². The summed E-state index contributed by atoms with van der Waals surface area (Å²) < 4.78 is 21.7. The lowest BCUT2D eigenvalue weighted by Crippen LogP contribution is -2.26. The molecule has 0 fully saturated rings. The van der Waals surface area contributed by atoms with E-state index < -0.39 is 0 Å². The molecule has 1 amide bonds. The van der Waals surface area contributed by atoms with E-state index >= 15 is 0 Å². The summed E-state index contributed by atoms with van der Waals surface area (Å²) in [5, 5.41) is 3.91. The molecule has 0 bridgehead atoms. The number of carbonyl (C=O) groups is 1. The van der Waals surface area contributed by atoms with Crippen LogP contribution in [0.5, 0.6) is 17.2 Å². The molecule has 0 aliphatic heterocycles. The Hall–Kier alpha value is -3.15. The summed E-state index contributed by atoms with van der Waals surface area (Å²) in [6.07, 6.45) is 0. The van der Waals surface area contributed by atoms with Crippen LogP contribution in [0.25, 0.3) is 11.0 Å². The largest absolute Gasteiger partial charge is 0.493 e. The molecule has 27 heavy (non-hydrogen) atoms. The first-order chi connectivity index (χ1) is 13.0. The monoisotopic (exact) mass is 369 g/mol. The smallest absolute Gasteiger partial charge is 0.251 e. The van der Waals surface area contributed by atoms with Gasteiger partial charge in [-0.3, -0.25) is 4.79 Å². The van der Waals surface area contributed by atoms with Crippen molar-refractivity contribution in [2.75, 3.05) is 21.3 Å². The maximum atomic E-state index is 12.7. The van der Waals surface area contributed by atoms with Crippen LogP contribution >= 0.6 is 0 Å². The number of amides is 1. The average Bonchev–Trinajstić information content (AvgIpc) is 3.05. The highest BCUT2D eigenvalue weighted by Gasteiger charge is 2.18. The van der Waals surface area contributed by atoms with Crippen LogP contribution < -0.4 is 19.5 Å². The molecule has 6 heteroatoms. The van der Waals surface area contributed by atoms with Gasteiger partial charge in [-0.25, -0.2) is 0 Å². The van der Waals surface area contributed by atoms with Crippen molar-refractivity contribution in [2.24, 2.45) is 0 Å². The number of carbonyl (C=O) groups excluding carboxylic acids is 1. The van der Waals surface area contributed by atoms with Gasteiger partial charge in [0.1, 0.15) is 11.3 Å². The molecule has 0 saturated carbocycles. The highest BCUT2D eigenvalue weighted by molar-refractivity contribution is 5.98. The molecular weight excluding hydrogens is 346 g/mol. The van der Waals surface area contributed by atoms with Crippen molar-refractivity contribution in [1.82, 2.24) is 5.32 Å². The number of fused-ring (bicyclic) bond motifs is 1. The third-order valence-corrected chi connectivity index (χ3v) is 4.44. The predicted octanol–water partition coefficient (Wildman–Crippen LogP) is 4.26. The fraction of sp³-hybridized carbons (Fsp3) is 0.286. The third-order valence-electron chi connectivity index (χ3n) is 4.44. The molecule has 1 atom stereocenters. The van der Waals surface area contributed by atoms with Gasteiger partial charge in [0.25, 0.3) is 5.91 Å². The second kappa shape index (κ2) is 7.61. The number of nitrogens with one attached hydrogen (secondary N) is 1. The Morgan fingerprint density at radius 1 is 1.00 bits per heavy atom. The average molecular weight is 369 g/mol. The van der Waals surface area contributed by atoms with E-state index in [2.05, 4.69) is 5.32 Å². The zero-order valence-corrected chi connectivity index (χ0v) is 16.1. The van der Waals surface area contributed by atoms with Crippen LogP contribution in [0.2, 0.25) is 0 Å². The number of methoxy groups -OCH3 is 3. The van der Waals surface area contributed by atoms with E-state index in [0.29, 0.717) is 22.8 Å². The van der Waals surface area contributed by atoms with Crippen molar-refractivity contribution in [1.29, 1.82) is 0 Å². The predicted molar refractivity (Wildman–Crippen MR) is 103 cm³/mol. The van der Waals surface area contributed by atoms with Crippen LogP contribution in [0.3, 0.4) is 0 Å². The molecule has 2 aromatic carbocycles. The van der Waals surface area contributed by atoms with Crippen LogP contribution in [-0.4, -0.2) is 27.2 Å². The molecule has 1 aromatic heterocycles. The van der Waals surface area contributed by atoms with Crippen LogP contribution in [0, 0.1) is 6.92 Å². The molecule has 0 saturated heterocycles. The van der Waals surface area contributed by atoms with Gasteiger partial charge in [0.15, 0.2) is 11.5 Å². The van der Waals surface area contributed by atoms with E-state index in [0.717, 1.165) is 22.3 Å². The Morgan fingerprint density at radius 3 is 2.26 bits per heavy atom. The fourth-order valence-electron chi connectivity index (χ4n) is 3.03. The minimum absolute atomic E-state index is 0.169. The van der Waals surface area contributed by atoms with Crippen LogP contribution in [0.4, 0.5) is 0 Å². The number of aryl methyl sites for hydroxylation is 1. The van der Waals surface area contributed by atoms with Crippen molar-refractivity contribution in [3.63, 3.8) is 0 Å².